The predicted molar refractivity (Wildman–Crippen MR) is 446 cm³/mol. The van der Waals surface area contributed by atoms with Gasteiger partial charge in [-0.1, -0.05) is 143 Å². The second kappa shape index (κ2) is 44.3. The van der Waals surface area contributed by atoms with Gasteiger partial charge in [-0.25, -0.2) is 0 Å². The molecule has 0 amide bonds. The molecule has 12 rings (SSSR count). The van der Waals surface area contributed by atoms with Gasteiger partial charge >= 0.3 is 0 Å². The molecule has 0 saturated carbocycles. The maximum atomic E-state index is 5.72. The van der Waals surface area contributed by atoms with Crippen LogP contribution >= 0.6 is 0 Å². The Balaban J connectivity index is 0.000000182. The average Bonchev–Trinajstić information content (AvgIpc) is 1.64. The lowest BCUT2D eigenvalue weighted by molar-refractivity contribution is 0.827. The Morgan fingerprint density at radius 1 is 0.257 bits per heavy atom. The Kier molecular flexibility index (Phi) is 34.0. The van der Waals surface area contributed by atoms with Crippen LogP contribution < -0.4 is 95.3 Å². The summed E-state index contributed by atoms with van der Waals surface area (Å²) in [6, 6.07) is 0. The third-order valence-corrected chi connectivity index (χ3v) is 16.3. The molecule has 36 heteroatoms. The van der Waals surface area contributed by atoms with E-state index in [2.05, 4.69) is 236 Å². The molecule has 6 aliphatic carbocycles. The molecule has 109 heavy (non-hydrogen) atoms. The quantitative estimate of drug-likeness (QED) is 0.0198. The fraction of sp³-hybridized carbons (Fsp3) is 0.425. The maximum Gasteiger partial charge on any atom is 0.231 e. The van der Waals surface area contributed by atoms with Crippen molar-refractivity contribution in [1.82, 2.24) is 89.7 Å². The minimum absolute atomic E-state index is 0.152. The Morgan fingerprint density at radius 2 is 0.477 bits per heavy atom. The standard InChI is InChI=1S/C14H22N6.C13H20N6.2C12H18N6.2C11H16N6/c1-19(2)13-16-12(17-14(18-13)20(3)4)15-10-9-11-7-5-6-8-11;1-18(2)12-15-11(14)16-13(17-12)19(3)9-8-10-6-4-5-7-10;1-14-11-15-10(13)16-12(17-11)18(2)8-7-9-5-3-4-6-9;1-13-10-16-11(14-2)18-12(17-10)15-8-7-9-5-3-4-6-9;1-17(7-6-8-4-2-3-5-8)11-15-9(12)14-10(13)16-11;1-13-10-15-9(12)16-11(17-10)14-7-6-8-4-2-3-5-8/h5,7-8H,6,9-10H2,1-4H3,(H,15,16,17,18);4,6-7H,5,8-9H2,1-3H3,(H2,14,15,16,17);3,5-6H,4,7-8H2,1-2H3,(H3,13,14,15,16,17);3,5-6H,4,7-8H2,1-2H3,(H3,13,14,15,16,17,18);2,4-5H,3,6-7H2,1H3,(H4,12,13,14,15,16);2,4-5H,3,6-7H2,1H3,(H4,12,13,14,15,16,17). The van der Waals surface area contributed by atoms with E-state index in [1.807, 2.05) is 92.8 Å². The summed E-state index contributed by atoms with van der Waals surface area (Å²) >= 11 is 0. The first-order valence-electron chi connectivity index (χ1n) is 36.1. The van der Waals surface area contributed by atoms with Crippen molar-refractivity contribution in [3.63, 3.8) is 0 Å². The van der Waals surface area contributed by atoms with E-state index in [0.717, 1.165) is 116 Å². The van der Waals surface area contributed by atoms with Gasteiger partial charge in [0.25, 0.3) is 0 Å². The summed E-state index contributed by atoms with van der Waals surface area (Å²) in [5.41, 5.74) is 36.1. The summed E-state index contributed by atoms with van der Waals surface area (Å²) in [5.74, 6) is 8.39. The maximum absolute atomic E-state index is 5.72. The highest BCUT2D eigenvalue weighted by Crippen LogP contribution is 2.22. The summed E-state index contributed by atoms with van der Waals surface area (Å²) in [4.78, 5) is 86.2. The van der Waals surface area contributed by atoms with Gasteiger partial charge in [-0.05, 0) is 77.0 Å². The molecule has 6 aromatic rings. The molecule has 6 aromatic heterocycles. The molecule has 0 atom stereocenters. The lowest BCUT2D eigenvalue weighted by atomic mass is 10.2. The Labute approximate surface area is 640 Å². The van der Waals surface area contributed by atoms with E-state index in [0.29, 0.717) is 77.3 Å². The number of nitrogen functional groups attached to an aromatic ring is 5. The van der Waals surface area contributed by atoms with Crippen molar-refractivity contribution < 1.29 is 0 Å². The third-order valence-electron chi connectivity index (χ3n) is 16.3. The molecule has 0 saturated heterocycles. The van der Waals surface area contributed by atoms with E-state index in [4.69, 9.17) is 28.7 Å². The lowest BCUT2D eigenvalue weighted by Crippen LogP contribution is -2.24. The van der Waals surface area contributed by atoms with Crippen LogP contribution in [0.5, 0.6) is 0 Å². The minimum Gasteiger partial charge on any atom is -0.368 e. The second-order valence-electron chi connectivity index (χ2n) is 25.6. The smallest absolute Gasteiger partial charge is 0.231 e. The van der Waals surface area contributed by atoms with E-state index in [1.165, 1.54) is 33.4 Å². The highest BCUT2D eigenvalue weighted by Gasteiger charge is 2.16. The van der Waals surface area contributed by atoms with Gasteiger partial charge in [-0.15, -0.1) is 0 Å². The summed E-state index contributed by atoms with van der Waals surface area (Å²) in [6.45, 7) is 4.93. The van der Waals surface area contributed by atoms with Gasteiger partial charge in [0.1, 0.15) is 0 Å². The number of anilines is 18. The summed E-state index contributed by atoms with van der Waals surface area (Å²) < 4.78 is 0. The normalized spacial score (nSPS) is 13.5. The third kappa shape index (κ3) is 30.0. The Morgan fingerprint density at radius 3 is 0.807 bits per heavy atom. The first kappa shape index (κ1) is 83.6. The number of allylic oxidation sites excluding steroid dienone is 18. The number of nitrogens with two attached hydrogens (primary N) is 5. The van der Waals surface area contributed by atoms with E-state index in [9.17, 15) is 0 Å². The number of rotatable bonds is 31. The van der Waals surface area contributed by atoms with Crippen LogP contribution in [-0.4, -0.2) is 221 Å². The fourth-order valence-electron chi connectivity index (χ4n) is 10.4. The number of aromatic nitrogens is 18. The van der Waals surface area contributed by atoms with Crippen LogP contribution in [0, 0.1) is 0 Å². The van der Waals surface area contributed by atoms with Gasteiger partial charge in [-0.2, -0.15) is 89.7 Å². The lowest BCUT2D eigenvalue weighted by Gasteiger charge is -2.19. The molecule has 0 radical (unpaired) electrons. The van der Waals surface area contributed by atoms with E-state index in [1.54, 1.807) is 28.2 Å². The molecular formula is C73H110N36. The van der Waals surface area contributed by atoms with Crippen LogP contribution in [0.4, 0.5) is 107 Å². The van der Waals surface area contributed by atoms with Crippen molar-refractivity contribution in [2.75, 3.05) is 226 Å². The van der Waals surface area contributed by atoms with Crippen molar-refractivity contribution >= 4 is 107 Å². The monoisotopic (exact) mass is 1490 g/mol. The molecular weight excluding hydrogens is 1380 g/mol. The van der Waals surface area contributed by atoms with Crippen molar-refractivity contribution in [2.45, 2.75) is 77.0 Å². The molecule has 6 heterocycles. The first-order chi connectivity index (χ1) is 52.5. The molecule has 6 aliphatic rings. The molecule has 0 unspecified atom stereocenters. The molecule has 0 aliphatic heterocycles. The van der Waals surface area contributed by atoms with E-state index >= 15 is 0 Å². The van der Waals surface area contributed by atoms with Gasteiger partial charge in [0.05, 0.1) is 0 Å². The van der Waals surface area contributed by atoms with Crippen LogP contribution in [0.15, 0.2) is 143 Å². The fourth-order valence-corrected chi connectivity index (χ4v) is 10.4. The van der Waals surface area contributed by atoms with E-state index in [-0.39, 0.29) is 29.7 Å². The number of nitrogens with zero attached hydrogens (tertiary/aromatic N) is 24. The molecule has 0 spiro atoms. The van der Waals surface area contributed by atoms with Gasteiger partial charge in [0.2, 0.25) is 107 Å². The molecule has 0 bridgehead atoms. The molecule has 582 valence electrons. The SMILES string of the molecule is CN(C)c1nc(N)nc(N(C)CCC2=CCC=C2)n1.CN(C)c1nc(NCCC2=CCC=C2)nc(N(C)C)n1.CN(CCC1=CCC=C1)c1nc(N)nc(N)n1.CNc1nc(N)nc(N(C)CCC2=CCC=C2)n1.CNc1nc(N)nc(NCCC2=CCC=C2)n1.CNc1nc(NC)nc(NCCC2=CCC=C2)n1. The van der Waals surface area contributed by atoms with Crippen molar-refractivity contribution in [2.24, 2.45) is 0 Å². The summed E-state index contributed by atoms with van der Waals surface area (Å²) in [7, 11) is 24.4. The second-order valence-corrected chi connectivity index (χ2v) is 25.6. The summed E-state index contributed by atoms with van der Waals surface area (Å²) in [6.07, 6.45) is 51.4. The first-order valence-corrected chi connectivity index (χ1v) is 36.1. The van der Waals surface area contributed by atoms with Crippen LogP contribution in [0.1, 0.15) is 77.0 Å². The Bertz CT molecular complexity index is 4210. The van der Waals surface area contributed by atoms with Crippen molar-refractivity contribution in [1.29, 1.82) is 0 Å². The topological polar surface area (TPSA) is 466 Å². The predicted octanol–water partition coefficient (Wildman–Crippen LogP) is 7.71. The summed E-state index contributed by atoms with van der Waals surface area (Å²) in [5, 5.41) is 21.1. The largest absolute Gasteiger partial charge is 0.368 e. The zero-order valence-electron chi connectivity index (χ0n) is 65.2. The average molecular weight is 1490 g/mol. The van der Waals surface area contributed by atoms with Crippen LogP contribution in [0.3, 0.4) is 0 Å². The van der Waals surface area contributed by atoms with Crippen molar-refractivity contribution in [3.8, 4) is 0 Å². The van der Waals surface area contributed by atoms with Gasteiger partial charge in [0.15, 0.2) is 0 Å². The number of nitrogens with one attached hydrogen (secondary N) is 7. The zero-order valence-corrected chi connectivity index (χ0v) is 65.2. The van der Waals surface area contributed by atoms with Crippen LogP contribution in [0.2, 0.25) is 0 Å². The van der Waals surface area contributed by atoms with E-state index < -0.39 is 0 Å². The van der Waals surface area contributed by atoms with Gasteiger partial charge in [0, 0.05) is 131 Å². The Hall–Kier alpha value is -12.7. The molecule has 36 nitrogen and oxygen atoms in total. The minimum atomic E-state index is 0.152. The molecule has 0 aromatic carbocycles. The highest BCUT2D eigenvalue weighted by molar-refractivity contribution is 5.48. The molecule has 17 N–H and O–H groups in total. The molecule has 0 fully saturated rings. The van der Waals surface area contributed by atoms with Crippen LogP contribution in [-0.2, 0) is 0 Å². The number of hydrogen-bond acceptors (Lipinski definition) is 36. The highest BCUT2D eigenvalue weighted by atomic mass is 15.4. The zero-order chi connectivity index (χ0) is 78.5. The number of hydrogen-bond donors (Lipinski definition) is 12. The van der Waals surface area contributed by atoms with Crippen molar-refractivity contribution in [3.05, 3.63) is 143 Å². The van der Waals surface area contributed by atoms with Gasteiger partial charge < -0.3 is 95.3 Å². The van der Waals surface area contributed by atoms with Gasteiger partial charge in [-0.3, -0.25) is 0 Å². The van der Waals surface area contributed by atoms with Crippen LogP contribution in [0.25, 0.3) is 0 Å².